The van der Waals surface area contributed by atoms with Crippen LogP contribution >= 0.6 is 0 Å². The number of hydrogen-bond donors (Lipinski definition) is 1. The van der Waals surface area contributed by atoms with E-state index in [9.17, 15) is 4.79 Å². The number of methoxy groups -OCH3 is 3. The third-order valence-electron chi connectivity index (χ3n) is 4.38. The van der Waals surface area contributed by atoms with Gasteiger partial charge in [0.2, 0.25) is 11.9 Å². The molecule has 1 aromatic carbocycles. The highest BCUT2D eigenvalue weighted by Crippen LogP contribution is 2.27. The van der Waals surface area contributed by atoms with Gasteiger partial charge in [-0.25, -0.2) is 0 Å². The predicted molar refractivity (Wildman–Crippen MR) is 105 cm³/mol. The Bertz CT molecular complexity index is 842. The highest BCUT2D eigenvalue weighted by atomic mass is 16.5. The number of carbonyl (C=O) groups is 1. The molecule has 0 bridgehead atoms. The average Bonchev–Trinajstić information content (AvgIpc) is 2.78. The Morgan fingerprint density at radius 1 is 1.07 bits per heavy atom. The standard InChI is InChI=1S/C19H25N5O5/c1-26-14-5-4-13(10-15(14)27-2)11-17(25)20-12-16-21-18(23-19(22-16)28-3)24-6-8-29-9-7-24/h4-5,10H,6-9,11-12H2,1-3H3,(H,20,25). The summed E-state index contributed by atoms with van der Waals surface area (Å²) in [5.41, 5.74) is 0.808. The van der Waals surface area contributed by atoms with Crippen LogP contribution < -0.4 is 24.4 Å². The normalized spacial score (nSPS) is 13.7. The summed E-state index contributed by atoms with van der Waals surface area (Å²) < 4.78 is 21.0. The third kappa shape index (κ3) is 5.44. The van der Waals surface area contributed by atoms with Gasteiger partial charge in [-0.1, -0.05) is 6.07 Å². The molecule has 1 amide bonds. The van der Waals surface area contributed by atoms with E-state index in [0.29, 0.717) is 49.6 Å². The molecule has 10 heteroatoms. The van der Waals surface area contributed by atoms with Crippen LogP contribution in [0.15, 0.2) is 18.2 Å². The first-order chi connectivity index (χ1) is 14.1. The minimum atomic E-state index is -0.162. The number of amides is 1. The molecule has 1 saturated heterocycles. The highest BCUT2D eigenvalue weighted by Gasteiger charge is 2.17. The summed E-state index contributed by atoms with van der Waals surface area (Å²) in [5, 5.41) is 2.83. The van der Waals surface area contributed by atoms with E-state index in [-0.39, 0.29) is 24.9 Å². The Morgan fingerprint density at radius 3 is 2.52 bits per heavy atom. The van der Waals surface area contributed by atoms with Crippen LogP contribution in [-0.2, 0) is 22.5 Å². The lowest BCUT2D eigenvalue weighted by Crippen LogP contribution is -2.37. The number of morpholine rings is 1. The summed E-state index contributed by atoms with van der Waals surface area (Å²) in [6.45, 7) is 2.79. The van der Waals surface area contributed by atoms with Gasteiger partial charge in [0.25, 0.3) is 0 Å². The van der Waals surface area contributed by atoms with Crippen LogP contribution in [0.2, 0.25) is 0 Å². The van der Waals surface area contributed by atoms with Gasteiger partial charge in [0.15, 0.2) is 17.3 Å². The van der Waals surface area contributed by atoms with E-state index in [1.54, 1.807) is 26.4 Å². The Kier molecular flexibility index (Phi) is 7.01. The fourth-order valence-electron chi connectivity index (χ4n) is 2.88. The minimum absolute atomic E-state index is 0.162. The maximum atomic E-state index is 12.4. The number of hydrogen-bond acceptors (Lipinski definition) is 9. The molecule has 3 rings (SSSR count). The Hall–Kier alpha value is -3.14. The molecule has 2 heterocycles. The molecule has 1 aliphatic rings. The van der Waals surface area contributed by atoms with Crippen molar-refractivity contribution in [1.82, 2.24) is 20.3 Å². The molecule has 1 N–H and O–H groups in total. The smallest absolute Gasteiger partial charge is 0.321 e. The van der Waals surface area contributed by atoms with Crippen LogP contribution in [0.1, 0.15) is 11.4 Å². The second-order valence-corrected chi connectivity index (χ2v) is 6.28. The molecule has 1 aliphatic heterocycles. The summed E-state index contributed by atoms with van der Waals surface area (Å²) in [5.74, 6) is 1.98. The fraction of sp³-hybridized carbons (Fsp3) is 0.474. The molecule has 0 radical (unpaired) electrons. The number of rotatable bonds is 8. The lowest BCUT2D eigenvalue weighted by molar-refractivity contribution is -0.120. The number of anilines is 1. The van der Waals surface area contributed by atoms with Crippen molar-refractivity contribution in [3.63, 3.8) is 0 Å². The maximum absolute atomic E-state index is 12.4. The van der Waals surface area contributed by atoms with Crippen molar-refractivity contribution in [1.29, 1.82) is 0 Å². The van der Waals surface area contributed by atoms with Crippen LogP contribution in [0.4, 0.5) is 5.95 Å². The monoisotopic (exact) mass is 403 g/mol. The van der Waals surface area contributed by atoms with Gasteiger partial charge in [0.1, 0.15) is 0 Å². The number of aromatic nitrogens is 3. The molecule has 0 aliphatic carbocycles. The topological polar surface area (TPSA) is 108 Å². The first kappa shape index (κ1) is 20.6. The van der Waals surface area contributed by atoms with Gasteiger partial charge < -0.3 is 29.2 Å². The van der Waals surface area contributed by atoms with Crippen LogP contribution in [-0.4, -0.2) is 68.5 Å². The van der Waals surface area contributed by atoms with Gasteiger partial charge in [-0.15, -0.1) is 0 Å². The Morgan fingerprint density at radius 2 is 1.83 bits per heavy atom. The molecule has 156 valence electrons. The van der Waals surface area contributed by atoms with E-state index < -0.39 is 0 Å². The summed E-state index contributed by atoms with van der Waals surface area (Å²) in [6, 6.07) is 5.59. The van der Waals surface area contributed by atoms with E-state index in [4.69, 9.17) is 18.9 Å². The second kappa shape index (κ2) is 9.87. The van der Waals surface area contributed by atoms with Crippen molar-refractivity contribution in [2.45, 2.75) is 13.0 Å². The van der Waals surface area contributed by atoms with E-state index in [0.717, 1.165) is 5.56 Å². The van der Waals surface area contributed by atoms with E-state index in [2.05, 4.69) is 20.3 Å². The van der Waals surface area contributed by atoms with Gasteiger partial charge in [0, 0.05) is 13.1 Å². The van der Waals surface area contributed by atoms with Crippen molar-refractivity contribution in [2.24, 2.45) is 0 Å². The molecular weight excluding hydrogens is 378 g/mol. The molecule has 0 saturated carbocycles. The van der Waals surface area contributed by atoms with Crippen LogP contribution in [0.3, 0.4) is 0 Å². The molecule has 1 aromatic heterocycles. The zero-order chi connectivity index (χ0) is 20.6. The largest absolute Gasteiger partial charge is 0.493 e. The average molecular weight is 403 g/mol. The second-order valence-electron chi connectivity index (χ2n) is 6.28. The fourth-order valence-corrected chi connectivity index (χ4v) is 2.88. The molecular formula is C19H25N5O5. The quantitative estimate of drug-likeness (QED) is 0.677. The molecule has 0 spiro atoms. The van der Waals surface area contributed by atoms with Crippen molar-refractivity contribution in [3.05, 3.63) is 29.6 Å². The maximum Gasteiger partial charge on any atom is 0.321 e. The van der Waals surface area contributed by atoms with Gasteiger partial charge in [-0.2, -0.15) is 15.0 Å². The Balaban J connectivity index is 1.63. The molecule has 0 atom stereocenters. The summed E-state index contributed by atoms with van der Waals surface area (Å²) in [4.78, 5) is 27.3. The number of carbonyl (C=O) groups excluding carboxylic acids is 1. The number of nitrogens with zero attached hydrogens (tertiary/aromatic N) is 4. The van der Waals surface area contributed by atoms with Crippen LogP contribution in [0, 0.1) is 0 Å². The summed E-state index contributed by atoms with van der Waals surface area (Å²) in [7, 11) is 4.62. The third-order valence-corrected chi connectivity index (χ3v) is 4.38. The predicted octanol–water partition coefficient (Wildman–Crippen LogP) is 0.593. The van der Waals surface area contributed by atoms with Gasteiger partial charge >= 0.3 is 6.01 Å². The molecule has 2 aromatic rings. The summed E-state index contributed by atoms with van der Waals surface area (Å²) >= 11 is 0. The molecule has 1 fully saturated rings. The lowest BCUT2D eigenvalue weighted by Gasteiger charge is -2.26. The molecule has 0 unspecified atom stereocenters. The van der Waals surface area contributed by atoms with Gasteiger partial charge in [0.05, 0.1) is 47.5 Å². The first-order valence-electron chi connectivity index (χ1n) is 9.22. The van der Waals surface area contributed by atoms with Crippen molar-refractivity contribution in [3.8, 4) is 17.5 Å². The van der Waals surface area contributed by atoms with Crippen molar-refractivity contribution >= 4 is 11.9 Å². The van der Waals surface area contributed by atoms with E-state index in [1.807, 2.05) is 11.0 Å². The van der Waals surface area contributed by atoms with E-state index >= 15 is 0 Å². The van der Waals surface area contributed by atoms with E-state index in [1.165, 1.54) is 7.11 Å². The zero-order valence-electron chi connectivity index (χ0n) is 16.8. The Labute approximate surface area is 169 Å². The van der Waals surface area contributed by atoms with Crippen LogP contribution in [0.25, 0.3) is 0 Å². The van der Waals surface area contributed by atoms with Gasteiger partial charge in [-0.3, -0.25) is 4.79 Å². The molecule has 29 heavy (non-hydrogen) atoms. The van der Waals surface area contributed by atoms with Gasteiger partial charge in [-0.05, 0) is 17.7 Å². The van der Waals surface area contributed by atoms with Crippen molar-refractivity contribution < 1.29 is 23.7 Å². The number of nitrogens with one attached hydrogen (secondary N) is 1. The lowest BCUT2D eigenvalue weighted by atomic mass is 10.1. The van der Waals surface area contributed by atoms with Crippen LogP contribution in [0.5, 0.6) is 17.5 Å². The zero-order valence-corrected chi connectivity index (χ0v) is 16.8. The summed E-state index contributed by atoms with van der Waals surface area (Å²) in [6.07, 6.45) is 0.193. The SMILES string of the molecule is COc1nc(CNC(=O)Cc2ccc(OC)c(OC)c2)nc(N2CCOCC2)n1. The van der Waals surface area contributed by atoms with Crippen molar-refractivity contribution in [2.75, 3.05) is 52.5 Å². The number of ether oxygens (including phenoxy) is 4. The minimum Gasteiger partial charge on any atom is -0.493 e. The first-order valence-corrected chi connectivity index (χ1v) is 9.22. The number of benzene rings is 1. The highest BCUT2D eigenvalue weighted by molar-refractivity contribution is 5.78. The molecule has 10 nitrogen and oxygen atoms in total.